The summed E-state index contributed by atoms with van der Waals surface area (Å²) in [5, 5.41) is 2.96. The molecule has 3 saturated heterocycles. The van der Waals surface area contributed by atoms with Gasteiger partial charge in [-0.2, -0.15) is 0 Å². The molecule has 0 aliphatic carbocycles. The second-order valence-electron chi connectivity index (χ2n) is 8.70. The minimum Gasteiger partial charge on any atom is -0.379 e. The Morgan fingerprint density at radius 2 is 1.75 bits per heavy atom. The Morgan fingerprint density at radius 3 is 2.46 bits per heavy atom. The molecule has 0 aromatic rings. The van der Waals surface area contributed by atoms with Crippen molar-refractivity contribution in [2.24, 2.45) is 5.92 Å². The first-order valence-corrected chi connectivity index (χ1v) is 11.2. The number of piperidine rings is 2. The molecule has 3 fully saturated rings. The lowest BCUT2D eigenvalue weighted by molar-refractivity contribution is -0.135. The summed E-state index contributed by atoms with van der Waals surface area (Å²) < 4.78 is 5.41. The van der Waals surface area contributed by atoms with Gasteiger partial charge in [0, 0.05) is 39.1 Å². The van der Waals surface area contributed by atoms with Crippen molar-refractivity contribution in [1.82, 2.24) is 20.0 Å². The van der Waals surface area contributed by atoms with Gasteiger partial charge in [0.15, 0.2) is 0 Å². The van der Waals surface area contributed by atoms with Gasteiger partial charge in [-0.1, -0.05) is 0 Å². The van der Waals surface area contributed by atoms with E-state index in [1.165, 1.54) is 32.2 Å². The fourth-order valence-corrected chi connectivity index (χ4v) is 4.76. The third-order valence-corrected chi connectivity index (χ3v) is 6.44. The fraction of sp³-hybridized carbons (Fsp3) is 0.905. The van der Waals surface area contributed by atoms with E-state index >= 15 is 0 Å². The number of hydrogen-bond donors (Lipinski definition) is 1. The van der Waals surface area contributed by atoms with Crippen LogP contribution in [0.1, 0.15) is 45.4 Å². The second kappa shape index (κ2) is 11.1. The maximum Gasteiger partial charge on any atom is 0.236 e. The van der Waals surface area contributed by atoms with E-state index in [-0.39, 0.29) is 17.9 Å². The summed E-state index contributed by atoms with van der Waals surface area (Å²) in [7, 11) is 0. The lowest BCUT2D eigenvalue weighted by Gasteiger charge is -2.36. The molecule has 1 N–H and O–H groups in total. The maximum atomic E-state index is 12.7. The Labute approximate surface area is 169 Å². The smallest absolute Gasteiger partial charge is 0.236 e. The molecule has 0 bridgehead atoms. The summed E-state index contributed by atoms with van der Waals surface area (Å²) >= 11 is 0. The normalized spacial score (nSPS) is 25.6. The van der Waals surface area contributed by atoms with Crippen LogP contribution in [0.4, 0.5) is 0 Å². The van der Waals surface area contributed by atoms with Gasteiger partial charge in [0.1, 0.15) is 0 Å². The van der Waals surface area contributed by atoms with Gasteiger partial charge in [0.25, 0.3) is 0 Å². The lowest BCUT2D eigenvalue weighted by atomic mass is 9.92. The van der Waals surface area contributed by atoms with Crippen LogP contribution in [0, 0.1) is 5.92 Å². The molecule has 3 aliphatic heterocycles. The van der Waals surface area contributed by atoms with Gasteiger partial charge in [-0.3, -0.25) is 19.4 Å². The molecule has 0 unspecified atom stereocenters. The van der Waals surface area contributed by atoms with E-state index in [1.807, 2.05) is 4.90 Å². The number of nitrogens with one attached hydrogen (secondary N) is 1. The fourth-order valence-electron chi connectivity index (χ4n) is 4.76. The van der Waals surface area contributed by atoms with Crippen LogP contribution in [0.25, 0.3) is 0 Å². The summed E-state index contributed by atoms with van der Waals surface area (Å²) in [6, 6.07) is 0.118. The highest BCUT2D eigenvalue weighted by Gasteiger charge is 2.27. The molecular weight excluding hydrogens is 356 g/mol. The van der Waals surface area contributed by atoms with E-state index in [1.54, 1.807) is 6.92 Å². The molecule has 2 amide bonds. The second-order valence-corrected chi connectivity index (χ2v) is 8.70. The predicted octanol–water partition coefficient (Wildman–Crippen LogP) is 0.938. The summed E-state index contributed by atoms with van der Waals surface area (Å²) in [5.74, 6) is 1.03. The molecule has 0 aromatic heterocycles. The lowest BCUT2D eigenvalue weighted by Crippen LogP contribution is -2.52. The van der Waals surface area contributed by atoms with Crippen LogP contribution in [0.5, 0.6) is 0 Å². The van der Waals surface area contributed by atoms with Crippen molar-refractivity contribution in [2.45, 2.75) is 51.5 Å². The quantitative estimate of drug-likeness (QED) is 0.696. The largest absolute Gasteiger partial charge is 0.379 e. The molecular formula is C21H38N4O3. The summed E-state index contributed by atoms with van der Waals surface area (Å²) in [4.78, 5) is 30.7. The SMILES string of the molecule is CC(=O)N[C@@H]1CCCN(C(=O)CN2CCC(CCCN3CCOCC3)CC2)C1. The van der Waals surface area contributed by atoms with Crippen LogP contribution in [0.15, 0.2) is 0 Å². The van der Waals surface area contributed by atoms with E-state index in [4.69, 9.17) is 4.74 Å². The standard InChI is InChI=1S/C21H38N4O3/c1-18(26)22-20-5-3-9-25(16-20)21(27)17-24-10-6-19(7-11-24)4-2-8-23-12-14-28-15-13-23/h19-20H,2-17H2,1H3,(H,22,26)/t20-/m1/s1. The molecule has 3 heterocycles. The molecule has 3 rings (SSSR count). The number of hydrogen-bond acceptors (Lipinski definition) is 5. The average Bonchev–Trinajstić information content (AvgIpc) is 2.70. The highest BCUT2D eigenvalue weighted by molar-refractivity contribution is 5.78. The van der Waals surface area contributed by atoms with Crippen molar-refractivity contribution >= 4 is 11.8 Å². The zero-order valence-electron chi connectivity index (χ0n) is 17.5. The number of amides is 2. The number of nitrogens with zero attached hydrogens (tertiary/aromatic N) is 3. The topological polar surface area (TPSA) is 65.1 Å². The number of rotatable bonds is 7. The van der Waals surface area contributed by atoms with Crippen LogP contribution < -0.4 is 5.32 Å². The first-order chi connectivity index (χ1) is 13.6. The van der Waals surface area contributed by atoms with Crippen molar-refractivity contribution in [2.75, 3.05) is 65.6 Å². The van der Waals surface area contributed by atoms with Gasteiger partial charge in [0.2, 0.25) is 11.8 Å². The van der Waals surface area contributed by atoms with Gasteiger partial charge in [0.05, 0.1) is 19.8 Å². The Hall–Kier alpha value is -1.18. The van der Waals surface area contributed by atoms with E-state index in [9.17, 15) is 9.59 Å². The van der Waals surface area contributed by atoms with Gasteiger partial charge in [-0.05, 0) is 64.1 Å². The Kier molecular flexibility index (Phi) is 8.55. The molecule has 28 heavy (non-hydrogen) atoms. The number of carbonyl (C=O) groups is 2. The summed E-state index contributed by atoms with van der Waals surface area (Å²) in [6.45, 7) is 10.8. The highest BCUT2D eigenvalue weighted by atomic mass is 16.5. The number of carbonyl (C=O) groups excluding carboxylic acids is 2. The monoisotopic (exact) mass is 394 g/mol. The third kappa shape index (κ3) is 7.01. The van der Waals surface area contributed by atoms with Crippen LogP contribution in [0.2, 0.25) is 0 Å². The minimum atomic E-state index is -0.00464. The van der Waals surface area contributed by atoms with Crippen LogP contribution in [-0.4, -0.2) is 98.1 Å². The molecule has 1 atom stereocenters. The number of likely N-dealkylation sites (tertiary alicyclic amines) is 2. The molecule has 0 spiro atoms. The zero-order chi connectivity index (χ0) is 19.8. The van der Waals surface area contributed by atoms with Gasteiger partial charge < -0.3 is 15.0 Å². The number of morpholine rings is 1. The van der Waals surface area contributed by atoms with Crippen molar-refractivity contribution in [3.8, 4) is 0 Å². The van der Waals surface area contributed by atoms with E-state index in [0.29, 0.717) is 13.1 Å². The Bertz CT molecular complexity index is 502. The predicted molar refractivity (Wildman–Crippen MR) is 109 cm³/mol. The summed E-state index contributed by atoms with van der Waals surface area (Å²) in [6.07, 6.45) is 6.96. The van der Waals surface area contributed by atoms with Gasteiger partial charge in [-0.25, -0.2) is 0 Å². The molecule has 0 saturated carbocycles. The first kappa shape index (κ1) is 21.5. The Balaban J connectivity index is 1.30. The third-order valence-electron chi connectivity index (χ3n) is 6.44. The van der Waals surface area contributed by atoms with Crippen molar-refractivity contribution in [3.63, 3.8) is 0 Å². The molecule has 160 valence electrons. The maximum absolute atomic E-state index is 12.7. The van der Waals surface area contributed by atoms with E-state index < -0.39 is 0 Å². The molecule has 7 nitrogen and oxygen atoms in total. The van der Waals surface area contributed by atoms with Crippen LogP contribution >= 0.6 is 0 Å². The highest BCUT2D eigenvalue weighted by Crippen LogP contribution is 2.22. The summed E-state index contributed by atoms with van der Waals surface area (Å²) in [5.41, 5.74) is 0. The molecule has 7 heteroatoms. The van der Waals surface area contributed by atoms with Crippen molar-refractivity contribution in [3.05, 3.63) is 0 Å². The number of ether oxygens (including phenoxy) is 1. The average molecular weight is 395 g/mol. The van der Waals surface area contributed by atoms with Crippen molar-refractivity contribution in [1.29, 1.82) is 0 Å². The van der Waals surface area contributed by atoms with Gasteiger partial charge in [-0.15, -0.1) is 0 Å². The Morgan fingerprint density at radius 1 is 1.00 bits per heavy atom. The molecule has 0 aromatic carbocycles. The van der Waals surface area contributed by atoms with Crippen molar-refractivity contribution < 1.29 is 14.3 Å². The first-order valence-electron chi connectivity index (χ1n) is 11.2. The minimum absolute atomic E-state index is 0.00464. The van der Waals surface area contributed by atoms with Gasteiger partial charge >= 0.3 is 0 Å². The van der Waals surface area contributed by atoms with E-state index in [2.05, 4.69) is 15.1 Å². The molecule has 0 radical (unpaired) electrons. The van der Waals surface area contributed by atoms with E-state index in [0.717, 1.165) is 64.7 Å². The van der Waals surface area contributed by atoms with Crippen LogP contribution in [-0.2, 0) is 14.3 Å². The zero-order valence-corrected chi connectivity index (χ0v) is 17.5. The van der Waals surface area contributed by atoms with Crippen LogP contribution in [0.3, 0.4) is 0 Å². The molecule has 3 aliphatic rings.